The summed E-state index contributed by atoms with van der Waals surface area (Å²) in [4.78, 5) is 0.561. The largest absolute Gasteiger partial charge is 0.469 e. The van der Waals surface area contributed by atoms with Gasteiger partial charge in [0.25, 0.3) is 0 Å². The molecule has 0 saturated heterocycles. The lowest BCUT2D eigenvalue weighted by Gasteiger charge is -2.08. The summed E-state index contributed by atoms with van der Waals surface area (Å²) in [5, 5.41) is 9.77. The fourth-order valence-corrected chi connectivity index (χ4v) is 2.34. The van der Waals surface area contributed by atoms with Crippen LogP contribution in [0.2, 0.25) is 0 Å². The Balaban J connectivity index is 1.84. The third kappa shape index (κ3) is 3.61. The van der Waals surface area contributed by atoms with Crippen LogP contribution in [0, 0.1) is 5.82 Å². The van der Waals surface area contributed by atoms with Crippen molar-refractivity contribution in [1.82, 2.24) is 0 Å². The van der Waals surface area contributed by atoms with E-state index < -0.39 is 6.10 Å². The minimum Gasteiger partial charge on any atom is -0.469 e. The van der Waals surface area contributed by atoms with Crippen molar-refractivity contribution in [2.75, 3.05) is 5.75 Å². The molecular weight excluding hydrogens is 239 g/mol. The van der Waals surface area contributed by atoms with Gasteiger partial charge < -0.3 is 9.52 Å². The normalized spacial score (nSPS) is 12.6. The SMILES string of the molecule is OC(CSc1ccccc1F)Cc1ccco1. The van der Waals surface area contributed by atoms with Gasteiger partial charge in [0.15, 0.2) is 0 Å². The van der Waals surface area contributed by atoms with Crippen molar-refractivity contribution >= 4 is 11.8 Å². The highest BCUT2D eigenvalue weighted by Gasteiger charge is 2.09. The molecule has 4 heteroatoms. The van der Waals surface area contributed by atoms with Gasteiger partial charge in [-0.05, 0) is 24.3 Å². The second-order valence-corrected chi connectivity index (χ2v) is 4.74. The molecule has 1 aromatic heterocycles. The molecule has 1 N–H and O–H groups in total. The van der Waals surface area contributed by atoms with Crippen LogP contribution in [0.15, 0.2) is 52.0 Å². The van der Waals surface area contributed by atoms with Crippen molar-refractivity contribution in [1.29, 1.82) is 0 Å². The van der Waals surface area contributed by atoms with Crippen LogP contribution in [-0.2, 0) is 6.42 Å². The van der Waals surface area contributed by atoms with E-state index in [9.17, 15) is 9.50 Å². The first-order chi connectivity index (χ1) is 8.25. The maximum atomic E-state index is 13.3. The molecule has 0 aliphatic carbocycles. The molecular formula is C13H13FO2S. The quantitative estimate of drug-likeness (QED) is 0.830. The van der Waals surface area contributed by atoms with Crippen molar-refractivity contribution in [3.63, 3.8) is 0 Å². The molecule has 1 heterocycles. The van der Waals surface area contributed by atoms with Gasteiger partial charge in [0.05, 0.1) is 12.4 Å². The number of rotatable bonds is 5. The number of furan rings is 1. The summed E-state index contributed by atoms with van der Waals surface area (Å²) in [5.74, 6) is 0.941. The molecule has 0 aliphatic heterocycles. The number of benzene rings is 1. The second kappa shape index (κ2) is 5.89. The summed E-state index contributed by atoms with van der Waals surface area (Å²) in [6.45, 7) is 0. The van der Waals surface area contributed by atoms with Gasteiger partial charge in [0.1, 0.15) is 11.6 Å². The molecule has 0 fully saturated rings. The molecule has 0 aliphatic rings. The van der Waals surface area contributed by atoms with E-state index in [0.717, 1.165) is 5.76 Å². The molecule has 0 bridgehead atoms. The summed E-state index contributed by atoms with van der Waals surface area (Å²) in [6.07, 6.45) is 1.49. The van der Waals surface area contributed by atoms with Crippen molar-refractivity contribution in [2.45, 2.75) is 17.4 Å². The average molecular weight is 252 g/mol. The van der Waals surface area contributed by atoms with E-state index in [0.29, 0.717) is 17.1 Å². The van der Waals surface area contributed by atoms with Crippen molar-refractivity contribution in [2.24, 2.45) is 0 Å². The highest BCUT2D eigenvalue weighted by atomic mass is 32.2. The van der Waals surface area contributed by atoms with Crippen molar-refractivity contribution in [3.8, 4) is 0 Å². The molecule has 0 radical (unpaired) electrons. The highest BCUT2D eigenvalue weighted by molar-refractivity contribution is 7.99. The van der Waals surface area contributed by atoms with Crippen LogP contribution >= 0.6 is 11.8 Å². The zero-order valence-electron chi connectivity index (χ0n) is 9.17. The maximum absolute atomic E-state index is 13.3. The van der Waals surface area contributed by atoms with E-state index in [2.05, 4.69) is 0 Å². The van der Waals surface area contributed by atoms with Crippen LogP contribution in [0.1, 0.15) is 5.76 Å². The number of hydrogen-bond acceptors (Lipinski definition) is 3. The molecule has 0 spiro atoms. The van der Waals surface area contributed by atoms with Gasteiger partial charge >= 0.3 is 0 Å². The second-order valence-electron chi connectivity index (χ2n) is 3.68. The Morgan fingerprint density at radius 1 is 1.24 bits per heavy atom. The van der Waals surface area contributed by atoms with E-state index >= 15 is 0 Å². The van der Waals surface area contributed by atoms with Gasteiger partial charge in [-0.2, -0.15) is 0 Å². The molecule has 2 aromatic rings. The third-order valence-corrected chi connectivity index (χ3v) is 3.48. The van der Waals surface area contributed by atoms with Crippen LogP contribution in [-0.4, -0.2) is 17.0 Å². The fraction of sp³-hybridized carbons (Fsp3) is 0.231. The number of thioether (sulfide) groups is 1. The number of halogens is 1. The Labute approximate surface area is 103 Å². The molecule has 90 valence electrons. The van der Waals surface area contributed by atoms with E-state index in [1.54, 1.807) is 30.5 Å². The summed E-state index contributed by atoms with van der Waals surface area (Å²) in [5.41, 5.74) is 0. The summed E-state index contributed by atoms with van der Waals surface area (Å²) in [7, 11) is 0. The van der Waals surface area contributed by atoms with Gasteiger partial charge in [-0.15, -0.1) is 11.8 Å². The van der Waals surface area contributed by atoms with Crippen LogP contribution in [0.3, 0.4) is 0 Å². The number of aliphatic hydroxyl groups excluding tert-OH is 1. The van der Waals surface area contributed by atoms with Gasteiger partial charge in [0, 0.05) is 17.1 Å². The first kappa shape index (κ1) is 12.2. The van der Waals surface area contributed by atoms with Gasteiger partial charge in [-0.3, -0.25) is 0 Å². The number of hydrogen-bond donors (Lipinski definition) is 1. The summed E-state index contributed by atoms with van der Waals surface area (Å²) >= 11 is 1.31. The minimum absolute atomic E-state index is 0.248. The fourth-order valence-electron chi connectivity index (χ4n) is 1.47. The van der Waals surface area contributed by atoms with Gasteiger partial charge in [0.2, 0.25) is 0 Å². The molecule has 1 unspecified atom stereocenters. The first-order valence-corrected chi connectivity index (χ1v) is 6.32. The summed E-state index contributed by atoms with van der Waals surface area (Å²) < 4.78 is 18.4. The predicted octanol–water partition coefficient (Wildman–Crippen LogP) is 3.11. The smallest absolute Gasteiger partial charge is 0.136 e. The Kier molecular flexibility index (Phi) is 4.23. The lowest BCUT2D eigenvalue weighted by Crippen LogP contribution is -2.13. The Bertz CT molecular complexity index is 456. The Morgan fingerprint density at radius 3 is 2.76 bits per heavy atom. The van der Waals surface area contributed by atoms with Crippen LogP contribution in [0.4, 0.5) is 4.39 Å². The van der Waals surface area contributed by atoms with Crippen LogP contribution in [0.5, 0.6) is 0 Å². The van der Waals surface area contributed by atoms with E-state index in [-0.39, 0.29) is 5.82 Å². The lowest BCUT2D eigenvalue weighted by molar-refractivity contribution is 0.192. The van der Waals surface area contributed by atoms with Crippen molar-refractivity contribution in [3.05, 3.63) is 54.2 Å². The van der Waals surface area contributed by atoms with Gasteiger partial charge in [-0.1, -0.05) is 12.1 Å². The van der Waals surface area contributed by atoms with Gasteiger partial charge in [-0.25, -0.2) is 4.39 Å². The standard InChI is InChI=1S/C13H13FO2S/c14-12-5-1-2-6-13(12)17-9-10(15)8-11-4-3-7-16-11/h1-7,10,15H,8-9H2. The predicted molar refractivity (Wildman–Crippen MR) is 65.5 cm³/mol. The number of aliphatic hydroxyl groups is 1. The molecule has 1 atom stereocenters. The Morgan fingerprint density at radius 2 is 2.06 bits per heavy atom. The molecule has 0 saturated carbocycles. The average Bonchev–Trinajstić information content (AvgIpc) is 2.81. The zero-order valence-corrected chi connectivity index (χ0v) is 9.99. The monoisotopic (exact) mass is 252 g/mol. The molecule has 17 heavy (non-hydrogen) atoms. The van der Waals surface area contributed by atoms with Crippen molar-refractivity contribution < 1.29 is 13.9 Å². The zero-order chi connectivity index (χ0) is 12.1. The molecule has 2 rings (SSSR count). The topological polar surface area (TPSA) is 33.4 Å². The maximum Gasteiger partial charge on any atom is 0.136 e. The van der Waals surface area contributed by atoms with E-state index in [4.69, 9.17) is 4.42 Å². The van der Waals surface area contributed by atoms with Crippen LogP contribution < -0.4 is 0 Å². The summed E-state index contributed by atoms with van der Waals surface area (Å²) in [6, 6.07) is 10.2. The molecule has 2 nitrogen and oxygen atoms in total. The first-order valence-electron chi connectivity index (χ1n) is 5.33. The van der Waals surface area contributed by atoms with E-state index in [1.165, 1.54) is 17.8 Å². The molecule has 0 amide bonds. The Hall–Kier alpha value is -1.26. The van der Waals surface area contributed by atoms with Crippen LogP contribution in [0.25, 0.3) is 0 Å². The third-order valence-electron chi connectivity index (χ3n) is 2.28. The minimum atomic E-state index is -0.536. The lowest BCUT2D eigenvalue weighted by atomic mass is 10.2. The van der Waals surface area contributed by atoms with E-state index in [1.807, 2.05) is 6.07 Å². The highest BCUT2D eigenvalue weighted by Crippen LogP contribution is 2.22. The molecule has 1 aromatic carbocycles.